The van der Waals surface area contributed by atoms with Crippen LogP contribution in [0.4, 0.5) is 0 Å². The summed E-state index contributed by atoms with van der Waals surface area (Å²) in [7, 11) is 0. The molecule has 1 N–H and O–H groups in total. The molecule has 0 unspecified atom stereocenters. The van der Waals surface area contributed by atoms with Crippen LogP contribution in [-0.4, -0.2) is 25.6 Å². The van der Waals surface area contributed by atoms with Gasteiger partial charge in [0.15, 0.2) is 0 Å². The van der Waals surface area contributed by atoms with E-state index in [4.69, 9.17) is 0 Å². The summed E-state index contributed by atoms with van der Waals surface area (Å²) < 4.78 is 5.11. The molecular formula is C19H24BrN3O. The molecule has 4 nitrogen and oxygen atoms in total. The molecule has 0 fully saturated rings. The number of aromatic nitrogens is 3. The molecular weight excluding hydrogens is 366 g/mol. The van der Waals surface area contributed by atoms with Crippen molar-refractivity contribution in [3.63, 3.8) is 0 Å². The fraction of sp³-hybridized carbons (Fsp3) is 0.421. The molecule has 2 heterocycles. The van der Waals surface area contributed by atoms with E-state index in [1.165, 1.54) is 27.7 Å². The molecule has 0 aliphatic carbocycles. The van der Waals surface area contributed by atoms with Gasteiger partial charge in [-0.15, -0.1) is 0 Å². The highest BCUT2D eigenvalue weighted by molar-refractivity contribution is 9.10. The van der Waals surface area contributed by atoms with Crippen molar-refractivity contribution >= 4 is 26.8 Å². The van der Waals surface area contributed by atoms with Gasteiger partial charge in [-0.05, 0) is 68.2 Å². The van der Waals surface area contributed by atoms with Crippen molar-refractivity contribution in [1.82, 2.24) is 14.3 Å². The summed E-state index contributed by atoms with van der Waals surface area (Å²) in [5, 5.41) is 16.4. The number of hydrogen-bond acceptors (Lipinski definition) is 2. The van der Waals surface area contributed by atoms with E-state index < -0.39 is 6.10 Å². The predicted octanol–water partition coefficient (Wildman–Crippen LogP) is 4.20. The average Bonchev–Trinajstić information content (AvgIpc) is 2.90. The van der Waals surface area contributed by atoms with Gasteiger partial charge in [0.05, 0.1) is 29.4 Å². The minimum absolute atomic E-state index is 0.488. The van der Waals surface area contributed by atoms with Gasteiger partial charge in [0.2, 0.25) is 0 Å². The topological polar surface area (TPSA) is 43.0 Å². The second-order valence-electron chi connectivity index (χ2n) is 6.66. The van der Waals surface area contributed by atoms with E-state index in [-0.39, 0.29) is 0 Å². The molecule has 3 aromatic rings. The van der Waals surface area contributed by atoms with Crippen LogP contribution in [0.1, 0.15) is 28.2 Å². The minimum atomic E-state index is -0.495. The van der Waals surface area contributed by atoms with Gasteiger partial charge >= 0.3 is 0 Å². The summed E-state index contributed by atoms with van der Waals surface area (Å²) >= 11 is 3.54. The van der Waals surface area contributed by atoms with Crippen LogP contribution in [0.2, 0.25) is 0 Å². The zero-order chi connectivity index (χ0) is 17.6. The van der Waals surface area contributed by atoms with Gasteiger partial charge in [-0.2, -0.15) is 5.10 Å². The van der Waals surface area contributed by atoms with Gasteiger partial charge in [-0.1, -0.05) is 11.6 Å². The van der Waals surface area contributed by atoms with E-state index in [0.717, 1.165) is 15.9 Å². The number of benzene rings is 1. The van der Waals surface area contributed by atoms with Gasteiger partial charge < -0.3 is 9.67 Å². The molecule has 0 saturated carbocycles. The van der Waals surface area contributed by atoms with E-state index >= 15 is 0 Å². The Morgan fingerprint density at radius 2 is 1.79 bits per heavy atom. The molecule has 0 spiro atoms. The van der Waals surface area contributed by atoms with Crippen molar-refractivity contribution in [3.8, 4) is 0 Å². The second kappa shape index (κ2) is 6.37. The Balaban J connectivity index is 1.89. The first-order chi connectivity index (χ1) is 11.3. The molecule has 0 bridgehead atoms. The highest BCUT2D eigenvalue weighted by Gasteiger charge is 2.17. The number of aryl methyl sites for hydroxylation is 3. The Morgan fingerprint density at radius 1 is 1.08 bits per heavy atom. The predicted molar refractivity (Wildman–Crippen MR) is 102 cm³/mol. The lowest BCUT2D eigenvalue weighted by atomic mass is 10.1. The maximum absolute atomic E-state index is 10.6. The third-order valence-corrected chi connectivity index (χ3v) is 6.01. The Morgan fingerprint density at radius 3 is 2.42 bits per heavy atom. The summed E-state index contributed by atoms with van der Waals surface area (Å²) in [6.45, 7) is 11.4. The fourth-order valence-corrected chi connectivity index (χ4v) is 3.60. The summed E-state index contributed by atoms with van der Waals surface area (Å²) in [6, 6.07) is 6.50. The third kappa shape index (κ3) is 2.91. The molecule has 128 valence electrons. The first-order valence-electron chi connectivity index (χ1n) is 8.23. The van der Waals surface area contributed by atoms with Crippen molar-refractivity contribution < 1.29 is 5.11 Å². The Bertz CT molecular complexity index is 907. The lowest BCUT2D eigenvalue weighted by Gasteiger charge is -2.16. The number of aliphatic hydroxyl groups is 1. The van der Waals surface area contributed by atoms with Crippen molar-refractivity contribution in [2.45, 2.75) is 53.8 Å². The molecule has 0 aliphatic rings. The van der Waals surface area contributed by atoms with Crippen molar-refractivity contribution in [2.75, 3.05) is 0 Å². The second-order valence-corrected chi connectivity index (χ2v) is 7.46. The van der Waals surface area contributed by atoms with E-state index in [0.29, 0.717) is 13.1 Å². The maximum Gasteiger partial charge on any atom is 0.0914 e. The maximum atomic E-state index is 10.6. The molecule has 2 aromatic heterocycles. The van der Waals surface area contributed by atoms with Crippen LogP contribution < -0.4 is 0 Å². The van der Waals surface area contributed by atoms with Crippen LogP contribution in [0.15, 0.2) is 22.7 Å². The molecule has 0 aliphatic heterocycles. The lowest BCUT2D eigenvalue weighted by molar-refractivity contribution is 0.130. The fourth-order valence-electron chi connectivity index (χ4n) is 3.32. The molecule has 0 radical (unpaired) electrons. The first-order valence-corrected chi connectivity index (χ1v) is 9.02. The van der Waals surface area contributed by atoms with Crippen LogP contribution in [0, 0.1) is 34.6 Å². The van der Waals surface area contributed by atoms with E-state index in [1.54, 1.807) is 0 Å². The lowest BCUT2D eigenvalue weighted by Crippen LogP contribution is -2.24. The number of hydrogen-bond donors (Lipinski definition) is 1. The van der Waals surface area contributed by atoms with Crippen LogP contribution in [-0.2, 0) is 13.1 Å². The molecule has 5 heteroatoms. The number of rotatable bonds is 4. The molecule has 1 aromatic carbocycles. The summed E-state index contributed by atoms with van der Waals surface area (Å²) in [5.41, 5.74) is 6.94. The van der Waals surface area contributed by atoms with Gasteiger partial charge in [0.25, 0.3) is 0 Å². The van der Waals surface area contributed by atoms with Crippen LogP contribution in [0.3, 0.4) is 0 Å². The van der Waals surface area contributed by atoms with Crippen molar-refractivity contribution in [3.05, 3.63) is 50.9 Å². The van der Waals surface area contributed by atoms with E-state index in [9.17, 15) is 5.11 Å². The quantitative estimate of drug-likeness (QED) is 0.726. The van der Waals surface area contributed by atoms with E-state index in [1.807, 2.05) is 18.5 Å². The largest absolute Gasteiger partial charge is 0.389 e. The Kier molecular flexibility index (Phi) is 4.58. The number of fused-ring (bicyclic) bond motifs is 1. The van der Waals surface area contributed by atoms with Gasteiger partial charge in [0, 0.05) is 22.3 Å². The van der Waals surface area contributed by atoms with E-state index in [2.05, 4.69) is 64.6 Å². The van der Waals surface area contributed by atoms with Crippen LogP contribution >= 0.6 is 15.9 Å². The Hall–Kier alpha value is -1.59. The van der Waals surface area contributed by atoms with Crippen LogP contribution in [0.5, 0.6) is 0 Å². The molecule has 24 heavy (non-hydrogen) atoms. The molecule has 0 amide bonds. The highest BCUT2D eigenvalue weighted by atomic mass is 79.9. The van der Waals surface area contributed by atoms with Crippen molar-refractivity contribution in [2.24, 2.45) is 0 Å². The molecule has 3 rings (SSSR count). The zero-order valence-corrected chi connectivity index (χ0v) is 16.5. The minimum Gasteiger partial charge on any atom is -0.389 e. The molecule has 1 atom stereocenters. The third-order valence-electron chi connectivity index (χ3n) is 4.86. The normalized spacial score (nSPS) is 13.0. The smallest absolute Gasteiger partial charge is 0.0914 e. The summed E-state index contributed by atoms with van der Waals surface area (Å²) in [5.74, 6) is 0. The molecule has 0 saturated heterocycles. The first kappa shape index (κ1) is 17.2. The average molecular weight is 390 g/mol. The number of nitrogens with zero attached hydrogens (tertiary/aromatic N) is 3. The number of halogens is 1. The zero-order valence-electron chi connectivity index (χ0n) is 14.9. The highest BCUT2D eigenvalue weighted by Crippen LogP contribution is 2.27. The van der Waals surface area contributed by atoms with Gasteiger partial charge in [-0.3, -0.25) is 4.68 Å². The number of aliphatic hydroxyl groups excluding tert-OH is 1. The summed E-state index contributed by atoms with van der Waals surface area (Å²) in [4.78, 5) is 0. The SMILES string of the molecule is Cc1ccc2c(c1)c(C)c(C)n2C[C@@H](O)Cn1nc(C)c(Br)c1C. The van der Waals surface area contributed by atoms with Gasteiger partial charge in [-0.25, -0.2) is 0 Å². The van der Waals surface area contributed by atoms with Crippen LogP contribution in [0.25, 0.3) is 10.9 Å². The Labute approximate surface area is 151 Å². The monoisotopic (exact) mass is 389 g/mol. The van der Waals surface area contributed by atoms with Crippen molar-refractivity contribution in [1.29, 1.82) is 0 Å². The summed E-state index contributed by atoms with van der Waals surface area (Å²) in [6.07, 6.45) is -0.495. The standard InChI is InChI=1S/C19H24BrN3O/c1-11-6-7-18-17(8-11)12(2)14(4)22(18)9-16(24)10-23-15(5)19(20)13(3)21-23/h6-8,16,24H,9-10H2,1-5H3/t16-/m1/s1. The van der Waals surface area contributed by atoms with Gasteiger partial charge in [0.1, 0.15) is 0 Å².